The van der Waals surface area contributed by atoms with E-state index in [1.807, 2.05) is 20.8 Å². The van der Waals surface area contributed by atoms with Crippen LogP contribution in [0.2, 0.25) is 5.02 Å². The van der Waals surface area contributed by atoms with Crippen LogP contribution < -0.4 is 5.73 Å². The van der Waals surface area contributed by atoms with Gasteiger partial charge in [0.15, 0.2) is 17.3 Å². The Bertz CT molecular complexity index is 1960. The summed E-state index contributed by atoms with van der Waals surface area (Å²) in [6.07, 6.45) is -0.363. The maximum absolute atomic E-state index is 14.9. The summed E-state index contributed by atoms with van der Waals surface area (Å²) in [6, 6.07) is 9.87. The number of hydrogen-bond acceptors (Lipinski definition) is 8. The van der Waals surface area contributed by atoms with Gasteiger partial charge in [-0.15, -0.1) is 0 Å². The molecule has 0 unspecified atom stereocenters. The highest BCUT2D eigenvalue weighted by molar-refractivity contribution is 6.32. The van der Waals surface area contributed by atoms with Crippen molar-refractivity contribution in [1.29, 1.82) is 0 Å². The first kappa shape index (κ1) is 35.9. The van der Waals surface area contributed by atoms with Gasteiger partial charge in [-0.1, -0.05) is 62.7 Å². The number of nitrogens with two attached hydrogens (primary N) is 1. The fourth-order valence-electron chi connectivity index (χ4n) is 6.28. The number of ether oxygens (including phenoxy) is 1. The van der Waals surface area contributed by atoms with Gasteiger partial charge in [0.1, 0.15) is 19.1 Å². The van der Waals surface area contributed by atoms with Crippen molar-refractivity contribution >= 4 is 29.4 Å². The number of amides is 1. The maximum Gasteiger partial charge on any atom is 0.333 e. The van der Waals surface area contributed by atoms with Gasteiger partial charge in [0, 0.05) is 17.7 Å². The van der Waals surface area contributed by atoms with Crippen LogP contribution >= 0.6 is 11.6 Å². The molecule has 1 aliphatic heterocycles. The maximum atomic E-state index is 14.9. The number of aromatic nitrogens is 5. The van der Waals surface area contributed by atoms with E-state index in [1.54, 1.807) is 24.3 Å². The summed E-state index contributed by atoms with van der Waals surface area (Å²) in [5, 5.41) is 7.64. The van der Waals surface area contributed by atoms with Crippen molar-refractivity contribution in [2.75, 3.05) is 6.61 Å². The van der Waals surface area contributed by atoms with Crippen molar-refractivity contribution in [3.05, 3.63) is 83.2 Å². The van der Waals surface area contributed by atoms with E-state index in [9.17, 15) is 31.5 Å². The number of hydrogen-bond donors (Lipinski definition) is 1. The van der Waals surface area contributed by atoms with Crippen LogP contribution in [0.25, 0.3) is 16.8 Å². The Morgan fingerprint density at radius 2 is 1.80 bits per heavy atom. The molecule has 2 aliphatic rings. The summed E-state index contributed by atoms with van der Waals surface area (Å²) >= 11 is 6.44. The molecule has 0 saturated heterocycles. The third-order valence-electron chi connectivity index (χ3n) is 8.74. The lowest BCUT2D eigenvalue weighted by atomic mass is 9.75. The van der Waals surface area contributed by atoms with Crippen LogP contribution in [0.5, 0.6) is 0 Å². The van der Waals surface area contributed by atoms with Gasteiger partial charge >= 0.3 is 12.5 Å². The molecule has 11 nitrogen and oxygen atoms in total. The number of rotatable bonds is 12. The number of aliphatic imine (C=N–C) groups is 1. The topological polar surface area (TPSA) is 134 Å². The predicted octanol–water partition coefficient (Wildman–Crippen LogP) is 6.94. The standard InChI is InChI=1S/C34H34ClF5N8O3/c1-33(2,3)16-34(22-7-4-18(5-8-22)21-13-43-46(14-21)31(39)40)30(50)47(32(41)45-34)26(15-51-27(49)12-20-10-24(20)36)19-6-9-23(35)25(11-19)48-29(28(37)38)42-17-44-48/h4-9,11,13-14,17,20,24,26,28,31H,10,12,15-16H2,1-3H3,(H2,41,45)/t20-,24+,26+,34+/m0/s1. The van der Waals surface area contributed by atoms with E-state index in [0.29, 0.717) is 21.4 Å². The zero-order chi connectivity index (χ0) is 36.8. The van der Waals surface area contributed by atoms with E-state index in [4.69, 9.17) is 27.1 Å². The SMILES string of the molecule is CC(C)(C)C[C@]1(c2ccc(-c3cnn(C(F)F)c3)cc2)N=C(N)N([C@H](COC(=O)C[C@@H]2C[C@H]2F)c2ccc(Cl)c(-n3ncnc3C(F)F)c2)C1=O. The Morgan fingerprint density at radius 3 is 2.41 bits per heavy atom. The molecule has 1 aliphatic carbocycles. The highest BCUT2D eigenvalue weighted by atomic mass is 35.5. The molecular weight excluding hydrogens is 699 g/mol. The van der Waals surface area contributed by atoms with Crippen LogP contribution in [0.15, 0.2) is 66.2 Å². The molecule has 270 valence electrons. The lowest BCUT2D eigenvalue weighted by Gasteiger charge is -2.35. The van der Waals surface area contributed by atoms with E-state index < -0.39 is 66.4 Å². The number of guanidine groups is 1. The molecule has 0 spiro atoms. The molecule has 4 aromatic rings. The van der Waals surface area contributed by atoms with E-state index in [1.165, 1.54) is 35.5 Å². The first-order chi connectivity index (χ1) is 24.1. The molecule has 1 amide bonds. The molecule has 6 rings (SSSR count). The number of alkyl halides is 5. The molecule has 51 heavy (non-hydrogen) atoms. The summed E-state index contributed by atoms with van der Waals surface area (Å²) in [5.74, 6) is -2.58. The lowest BCUT2D eigenvalue weighted by Crippen LogP contribution is -2.47. The largest absolute Gasteiger partial charge is 0.463 e. The molecule has 2 aromatic heterocycles. The van der Waals surface area contributed by atoms with E-state index in [0.717, 1.165) is 11.0 Å². The Morgan fingerprint density at radius 1 is 1.10 bits per heavy atom. The first-order valence-corrected chi connectivity index (χ1v) is 16.4. The number of benzene rings is 2. The van der Waals surface area contributed by atoms with Crippen LogP contribution in [0.3, 0.4) is 0 Å². The molecular formula is C34H34ClF5N8O3. The van der Waals surface area contributed by atoms with E-state index in [2.05, 4.69) is 15.2 Å². The van der Waals surface area contributed by atoms with E-state index >= 15 is 0 Å². The van der Waals surface area contributed by atoms with Crippen molar-refractivity contribution in [3.8, 4) is 16.8 Å². The monoisotopic (exact) mass is 732 g/mol. The second kappa shape index (κ2) is 13.7. The van der Waals surface area contributed by atoms with Crippen LogP contribution in [-0.2, 0) is 19.9 Å². The van der Waals surface area contributed by atoms with Crippen molar-refractivity contribution in [3.63, 3.8) is 0 Å². The zero-order valence-electron chi connectivity index (χ0n) is 27.7. The smallest absolute Gasteiger partial charge is 0.333 e. The summed E-state index contributed by atoms with van der Waals surface area (Å²) < 4.78 is 74.5. The molecule has 4 atom stereocenters. The van der Waals surface area contributed by atoms with E-state index in [-0.39, 0.29) is 41.5 Å². The van der Waals surface area contributed by atoms with Gasteiger partial charge < -0.3 is 10.5 Å². The van der Waals surface area contributed by atoms with Gasteiger partial charge in [-0.05, 0) is 47.1 Å². The van der Waals surface area contributed by atoms with Crippen molar-refractivity contribution in [1.82, 2.24) is 29.4 Å². The second-order valence-electron chi connectivity index (χ2n) is 13.8. The van der Waals surface area contributed by atoms with Gasteiger partial charge in [0.2, 0.25) is 0 Å². The Kier molecular flexibility index (Phi) is 9.65. The molecule has 3 heterocycles. The number of carbonyl (C=O) groups is 2. The minimum Gasteiger partial charge on any atom is -0.463 e. The molecule has 1 saturated carbocycles. The van der Waals surface area contributed by atoms with Crippen molar-refractivity contribution in [2.24, 2.45) is 22.1 Å². The second-order valence-corrected chi connectivity index (χ2v) is 14.2. The van der Waals surface area contributed by atoms with Crippen molar-refractivity contribution in [2.45, 2.75) is 70.8 Å². The third-order valence-corrected chi connectivity index (χ3v) is 9.06. The summed E-state index contributed by atoms with van der Waals surface area (Å²) in [6.45, 7) is 2.51. The van der Waals surface area contributed by atoms with Gasteiger partial charge in [-0.25, -0.2) is 32.5 Å². The van der Waals surface area contributed by atoms with Gasteiger partial charge in [0.25, 0.3) is 12.3 Å². The highest BCUT2D eigenvalue weighted by Crippen LogP contribution is 2.45. The normalized spacial score (nSPS) is 21.0. The summed E-state index contributed by atoms with van der Waals surface area (Å²) in [4.78, 5) is 37.2. The number of carbonyl (C=O) groups excluding carboxylic acids is 2. The fraction of sp³-hybridized carbons (Fsp3) is 0.412. The molecule has 17 heteroatoms. The highest BCUT2D eigenvalue weighted by Gasteiger charge is 2.53. The van der Waals surface area contributed by atoms with Crippen LogP contribution in [0.4, 0.5) is 22.0 Å². The van der Waals surface area contributed by atoms with Crippen molar-refractivity contribution < 1.29 is 36.3 Å². The zero-order valence-corrected chi connectivity index (χ0v) is 28.4. The molecule has 0 bridgehead atoms. The first-order valence-electron chi connectivity index (χ1n) is 16.0. The lowest BCUT2D eigenvalue weighted by molar-refractivity contribution is -0.148. The van der Waals surface area contributed by atoms with Crippen LogP contribution in [0, 0.1) is 11.3 Å². The number of halogens is 6. The van der Waals surface area contributed by atoms with Gasteiger partial charge in [0.05, 0.1) is 29.4 Å². The predicted molar refractivity (Wildman–Crippen MR) is 176 cm³/mol. The molecule has 2 N–H and O–H groups in total. The number of esters is 1. The third kappa shape index (κ3) is 7.32. The van der Waals surface area contributed by atoms with Gasteiger partial charge in [-0.2, -0.15) is 19.0 Å². The fourth-order valence-corrected chi connectivity index (χ4v) is 6.48. The Balaban J connectivity index is 1.40. The summed E-state index contributed by atoms with van der Waals surface area (Å²) in [7, 11) is 0. The Hall–Kier alpha value is -4.86. The summed E-state index contributed by atoms with van der Waals surface area (Å²) in [5.41, 5.74) is 6.26. The average molecular weight is 733 g/mol. The van der Waals surface area contributed by atoms with Crippen LogP contribution in [0.1, 0.15) is 76.0 Å². The number of nitrogens with zero attached hydrogens (tertiary/aromatic N) is 7. The Labute approximate surface area is 294 Å². The van der Waals surface area contributed by atoms with Gasteiger partial charge in [-0.3, -0.25) is 14.5 Å². The minimum absolute atomic E-state index is 0.0189. The minimum atomic E-state index is -2.99. The molecule has 2 aromatic carbocycles. The van der Waals surface area contributed by atoms with Crippen LogP contribution in [-0.4, -0.2) is 60.1 Å². The molecule has 0 radical (unpaired) electrons. The quantitative estimate of drug-likeness (QED) is 0.123. The molecule has 1 fully saturated rings. The average Bonchev–Trinajstić information content (AvgIpc) is 3.45.